The second kappa shape index (κ2) is 15.2. The van der Waals surface area contributed by atoms with Crippen molar-refractivity contribution in [2.45, 2.75) is 52.2 Å². The summed E-state index contributed by atoms with van der Waals surface area (Å²) >= 11 is 0. The fourth-order valence-corrected chi connectivity index (χ4v) is 6.23. The Hall–Kier alpha value is -4.21. The standard InChI is InChI=1S/C36H42F2N4O3/c1-4-25-8-7-9-26(15-25)22-40-23-33(43)32(18-27-16-29(37)19-30(38)17-27)36(20-24(2)14-28(21-36)34(39)44)35(45)42(3)13-11-31-10-5-6-12-41-31/h5-10,12,14-17,19-20,32-33,40,43H,4,11,13,18,21-23H2,1-3H3,(H2,39,44)/t32-,33+,36?/m1/s1. The predicted octanol–water partition coefficient (Wildman–Crippen LogP) is 4.68. The highest BCUT2D eigenvalue weighted by molar-refractivity contribution is 5.96. The van der Waals surface area contributed by atoms with Crippen LogP contribution in [0.15, 0.2) is 90.2 Å². The number of aliphatic hydroxyl groups excluding tert-OH is 1. The van der Waals surface area contributed by atoms with E-state index in [1.807, 2.05) is 36.4 Å². The number of benzene rings is 2. The van der Waals surface area contributed by atoms with Crippen molar-refractivity contribution in [3.8, 4) is 0 Å². The molecule has 45 heavy (non-hydrogen) atoms. The number of aromatic nitrogens is 1. The summed E-state index contributed by atoms with van der Waals surface area (Å²) < 4.78 is 28.7. The molecule has 1 aliphatic carbocycles. The first kappa shape index (κ1) is 33.7. The number of carbonyl (C=O) groups excluding carboxylic acids is 2. The molecule has 1 aromatic heterocycles. The maximum atomic E-state index is 14.6. The third-order valence-electron chi connectivity index (χ3n) is 8.45. The van der Waals surface area contributed by atoms with E-state index in [9.17, 15) is 23.5 Å². The summed E-state index contributed by atoms with van der Waals surface area (Å²) in [7, 11) is 1.67. The zero-order valence-electron chi connectivity index (χ0n) is 26.1. The molecule has 2 aromatic carbocycles. The number of nitrogens with zero attached hydrogens (tertiary/aromatic N) is 2. The Morgan fingerprint density at radius 1 is 1.07 bits per heavy atom. The number of carbonyl (C=O) groups is 2. The van der Waals surface area contributed by atoms with E-state index in [1.165, 1.54) is 17.7 Å². The summed E-state index contributed by atoms with van der Waals surface area (Å²) in [4.78, 5) is 33.0. The van der Waals surface area contributed by atoms with E-state index in [-0.39, 0.29) is 36.4 Å². The molecule has 0 saturated carbocycles. The van der Waals surface area contributed by atoms with Gasteiger partial charge in [0.1, 0.15) is 11.6 Å². The Balaban J connectivity index is 1.71. The lowest BCUT2D eigenvalue weighted by Crippen LogP contribution is -2.53. The number of primary amides is 1. The molecule has 1 heterocycles. The monoisotopic (exact) mass is 616 g/mol. The van der Waals surface area contributed by atoms with Crippen LogP contribution in [-0.4, -0.2) is 53.0 Å². The third-order valence-corrected chi connectivity index (χ3v) is 8.45. The maximum Gasteiger partial charge on any atom is 0.244 e. The van der Waals surface area contributed by atoms with Crippen LogP contribution in [0.4, 0.5) is 8.78 Å². The number of nitrogens with one attached hydrogen (secondary N) is 1. The van der Waals surface area contributed by atoms with Crippen molar-refractivity contribution >= 4 is 11.8 Å². The van der Waals surface area contributed by atoms with E-state index in [2.05, 4.69) is 23.3 Å². The van der Waals surface area contributed by atoms with Crippen LogP contribution in [0.3, 0.4) is 0 Å². The number of aliphatic hydroxyl groups is 1. The molecular weight excluding hydrogens is 574 g/mol. The van der Waals surface area contributed by atoms with E-state index >= 15 is 0 Å². The molecule has 0 radical (unpaired) electrons. The lowest BCUT2D eigenvalue weighted by Gasteiger charge is -2.44. The average Bonchev–Trinajstić information content (AvgIpc) is 3.01. The largest absolute Gasteiger partial charge is 0.391 e. The number of hydrogen-bond donors (Lipinski definition) is 3. The van der Waals surface area contributed by atoms with Gasteiger partial charge in [-0.25, -0.2) is 8.78 Å². The molecule has 3 atom stereocenters. The molecule has 0 bridgehead atoms. The van der Waals surface area contributed by atoms with E-state index in [1.54, 1.807) is 37.2 Å². The number of halogens is 2. The first-order valence-electron chi connectivity index (χ1n) is 15.3. The molecule has 1 aliphatic rings. The van der Waals surface area contributed by atoms with Crippen LogP contribution < -0.4 is 11.1 Å². The third kappa shape index (κ3) is 8.71. The molecule has 4 rings (SSSR count). The number of pyridine rings is 1. The second-order valence-electron chi connectivity index (χ2n) is 11.9. The minimum Gasteiger partial charge on any atom is -0.391 e. The van der Waals surface area contributed by atoms with Crippen molar-refractivity contribution in [3.63, 3.8) is 0 Å². The molecule has 238 valence electrons. The minimum absolute atomic E-state index is 0.0293. The normalized spacial score (nSPS) is 17.6. The van der Waals surface area contributed by atoms with Gasteiger partial charge >= 0.3 is 0 Å². The summed E-state index contributed by atoms with van der Waals surface area (Å²) in [6, 6.07) is 16.9. The molecule has 9 heteroatoms. The van der Waals surface area contributed by atoms with Crippen LogP contribution in [0.25, 0.3) is 0 Å². The SMILES string of the molecule is CCc1cccc(CNC[C@H](O)[C@@H](Cc2cc(F)cc(F)c2)C2(C(=O)N(C)CCc3ccccn3)C=C(C)C=C(C(N)=O)C2)c1. The van der Waals surface area contributed by atoms with Crippen LogP contribution in [-0.2, 0) is 35.4 Å². The molecule has 2 amide bonds. The van der Waals surface area contributed by atoms with Crippen molar-refractivity contribution in [1.29, 1.82) is 0 Å². The topological polar surface area (TPSA) is 109 Å². The van der Waals surface area contributed by atoms with Crippen molar-refractivity contribution in [1.82, 2.24) is 15.2 Å². The Morgan fingerprint density at radius 2 is 1.80 bits per heavy atom. The number of aryl methyl sites for hydroxylation is 1. The van der Waals surface area contributed by atoms with Gasteiger partial charge in [-0.1, -0.05) is 55.0 Å². The Morgan fingerprint density at radius 3 is 2.47 bits per heavy atom. The Bertz CT molecular complexity index is 1540. The summed E-state index contributed by atoms with van der Waals surface area (Å²) in [5, 5.41) is 15.2. The van der Waals surface area contributed by atoms with Crippen LogP contribution in [0.1, 0.15) is 42.7 Å². The highest BCUT2D eigenvalue weighted by atomic mass is 19.1. The van der Waals surface area contributed by atoms with Gasteiger partial charge in [0, 0.05) is 62.6 Å². The first-order chi connectivity index (χ1) is 21.5. The van der Waals surface area contributed by atoms with Crippen LogP contribution in [0.2, 0.25) is 0 Å². The molecule has 7 nitrogen and oxygen atoms in total. The van der Waals surface area contributed by atoms with E-state index in [0.29, 0.717) is 25.1 Å². The molecule has 0 spiro atoms. The van der Waals surface area contributed by atoms with Gasteiger partial charge in [0.2, 0.25) is 11.8 Å². The molecule has 0 aliphatic heterocycles. The van der Waals surface area contributed by atoms with Gasteiger partial charge in [0.05, 0.1) is 11.5 Å². The minimum atomic E-state index is -1.44. The van der Waals surface area contributed by atoms with E-state index in [0.717, 1.165) is 23.7 Å². The summed E-state index contributed by atoms with van der Waals surface area (Å²) in [6.45, 7) is 4.73. The van der Waals surface area contributed by atoms with Crippen LogP contribution in [0.5, 0.6) is 0 Å². The highest BCUT2D eigenvalue weighted by Gasteiger charge is 2.50. The zero-order chi connectivity index (χ0) is 32.6. The molecule has 0 fully saturated rings. The number of rotatable bonds is 14. The number of hydrogen-bond acceptors (Lipinski definition) is 5. The van der Waals surface area contributed by atoms with Crippen LogP contribution in [0, 0.1) is 23.0 Å². The van der Waals surface area contributed by atoms with Gasteiger partial charge in [-0.15, -0.1) is 0 Å². The van der Waals surface area contributed by atoms with Gasteiger partial charge in [0.15, 0.2) is 0 Å². The Labute approximate surface area is 263 Å². The summed E-state index contributed by atoms with van der Waals surface area (Å²) in [5.74, 6) is -3.40. The summed E-state index contributed by atoms with van der Waals surface area (Å²) in [5.41, 5.74) is 8.52. The quantitative estimate of drug-likeness (QED) is 0.244. The number of nitrogens with two attached hydrogens (primary N) is 1. The van der Waals surface area contributed by atoms with Gasteiger partial charge in [-0.05, 0) is 67.1 Å². The zero-order valence-corrected chi connectivity index (χ0v) is 26.1. The number of likely N-dealkylation sites (N-methyl/N-ethyl adjacent to an activating group) is 1. The average molecular weight is 617 g/mol. The van der Waals surface area contributed by atoms with Crippen molar-refractivity contribution in [2.75, 3.05) is 20.1 Å². The van der Waals surface area contributed by atoms with Gasteiger partial charge < -0.3 is 21.1 Å². The fraction of sp³-hybridized carbons (Fsp3) is 0.361. The van der Waals surface area contributed by atoms with Gasteiger partial charge in [-0.2, -0.15) is 0 Å². The van der Waals surface area contributed by atoms with Crippen molar-refractivity contribution in [2.24, 2.45) is 17.1 Å². The molecule has 3 aromatic rings. The lowest BCUT2D eigenvalue weighted by molar-refractivity contribution is -0.144. The lowest BCUT2D eigenvalue weighted by atomic mass is 9.63. The Kier molecular flexibility index (Phi) is 11.4. The van der Waals surface area contributed by atoms with Gasteiger partial charge in [-0.3, -0.25) is 14.6 Å². The van der Waals surface area contributed by atoms with E-state index in [4.69, 9.17) is 5.73 Å². The van der Waals surface area contributed by atoms with E-state index < -0.39 is 35.0 Å². The number of amides is 2. The van der Waals surface area contributed by atoms with Crippen molar-refractivity contribution in [3.05, 3.63) is 124 Å². The number of allylic oxidation sites excluding steroid dienone is 2. The van der Waals surface area contributed by atoms with Gasteiger partial charge in [0.25, 0.3) is 0 Å². The fourth-order valence-electron chi connectivity index (χ4n) is 6.23. The predicted molar refractivity (Wildman–Crippen MR) is 171 cm³/mol. The molecular formula is C36H42F2N4O3. The summed E-state index contributed by atoms with van der Waals surface area (Å²) in [6.07, 6.45) is 5.24. The van der Waals surface area contributed by atoms with Crippen LogP contribution >= 0.6 is 0 Å². The molecule has 1 unspecified atom stereocenters. The first-order valence-corrected chi connectivity index (χ1v) is 15.3. The van der Waals surface area contributed by atoms with Crippen molar-refractivity contribution < 1.29 is 23.5 Å². The molecule has 0 saturated heterocycles. The smallest absolute Gasteiger partial charge is 0.244 e. The highest BCUT2D eigenvalue weighted by Crippen LogP contribution is 2.45. The maximum absolute atomic E-state index is 14.6. The molecule has 4 N–H and O–H groups in total. The second-order valence-corrected chi connectivity index (χ2v) is 11.9.